The Labute approximate surface area is 196 Å². The first-order valence-corrected chi connectivity index (χ1v) is 12.1. The van der Waals surface area contributed by atoms with Crippen LogP contribution < -0.4 is 15.0 Å². The van der Waals surface area contributed by atoms with Gasteiger partial charge in [-0.3, -0.25) is 14.5 Å². The molecular weight excluding hydrogens is 416 g/mol. The molecule has 2 aromatic rings. The van der Waals surface area contributed by atoms with Crippen LogP contribution >= 0.6 is 0 Å². The van der Waals surface area contributed by atoms with Gasteiger partial charge >= 0.3 is 0 Å². The molecule has 33 heavy (non-hydrogen) atoms. The second-order valence-electron chi connectivity index (χ2n) is 8.95. The van der Waals surface area contributed by atoms with Crippen molar-refractivity contribution in [2.45, 2.75) is 57.1 Å². The van der Waals surface area contributed by atoms with Crippen LogP contribution in [0.15, 0.2) is 48.7 Å². The number of amides is 2. The maximum absolute atomic E-state index is 13.2. The van der Waals surface area contributed by atoms with E-state index in [1.807, 2.05) is 36.4 Å². The Morgan fingerprint density at radius 3 is 2.73 bits per heavy atom. The Hall–Kier alpha value is -2.93. The van der Waals surface area contributed by atoms with Gasteiger partial charge in [-0.25, -0.2) is 4.98 Å². The van der Waals surface area contributed by atoms with Crippen molar-refractivity contribution in [3.63, 3.8) is 0 Å². The van der Waals surface area contributed by atoms with E-state index >= 15 is 0 Å². The monoisotopic (exact) mass is 450 g/mol. The van der Waals surface area contributed by atoms with Gasteiger partial charge in [-0.2, -0.15) is 0 Å². The van der Waals surface area contributed by atoms with Crippen molar-refractivity contribution in [3.8, 4) is 5.75 Å². The number of carbonyl (C=O) groups excluding carboxylic acids is 2. The van der Waals surface area contributed by atoms with Crippen LogP contribution in [-0.4, -0.2) is 54.4 Å². The smallest absolute Gasteiger partial charge is 0.274 e. The molecule has 1 N–H and O–H groups in total. The molecule has 0 unspecified atom stereocenters. The van der Waals surface area contributed by atoms with Crippen molar-refractivity contribution in [3.05, 3.63) is 54.2 Å². The lowest BCUT2D eigenvalue weighted by Crippen LogP contribution is -2.42. The van der Waals surface area contributed by atoms with Gasteiger partial charge in [-0.15, -0.1) is 0 Å². The standard InChI is InChI=1S/C26H34N4O3/c1-29(21-12-6-3-7-13-21)19-17-27-23(31)15-9-18-30-25-22(14-8-16-28-25)33-24(26(30)32)20-10-4-2-5-11-20/h2,4-5,8,10-11,14,16,21,24H,3,6-7,9,12-13,15,17-19H2,1H3,(H,27,31)/t24-/m1/s1. The van der Waals surface area contributed by atoms with Crippen LogP contribution in [0.2, 0.25) is 0 Å². The van der Waals surface area contributed by atoms with E-state index in [1.165, 1.54) is 32.1 Å². The van der Waals surface area contributed by atoms with Gasteiger partial charge in [-0.05, 0) is 38.4 Å². The van der Waals surface area contributed by atoms with E-state index < -0.39 is 6.10 Å². The van der Waals surface area contributed by atoms with Crippen molar-refractivity contribution < 1.29 is 14.3 Å². The lowest BCUT2D eigenvalue weighted by atomic mass is 9.94. The topological polar surface area (TPSA) is 74.8 Å². The van der Waals surface area contributed by atoms with Gasteiger partial charge in [0.25, 0.3) is 5.91 Å². The molecule has 1 atom stereocenters. The fraction of sp³-hybridized carbons (Fsp3) is 0.500. The molecule has 2 heterocycles. The van der Waals surface area contributed by atoms with E-state index in [2.05, 4.69) is 22.2 Å². The van der Waals surface area contributed by atoms with Gasteiger partial charge in [0.15, 0.2) is 11.6 Å². The van der Waals surface area contributed by atoms with Crippen LogP contribution in [0, 0.1) is 0 Å². The number of nitrogens with zero attached hydrogens (tertiary/aromatic N) is 3. The normalized spacial score (nSPS) is 18.7. The average Bonchev–Trinajstić information content (AvgIpc) is 2.86. The molecule has 0 radical (unpaired) electrons. The van der Waals surface area contributed by atoms with Gasteiger partial charge in [0.05, 0.1) is 0 Å². The molecule has 1 aromatic heterocycles. The molecule has 1 aliphatic carbocycles. The summed E-state index contributed by atoms with van der Waals surface area (Å²) in [5.74, 6) is 0.973. The third-order valence-corrected chi connectivity index (χ3v) is 6.61. The number of hydrogen-bond donors (Lipinski definition) is 1. The average molecular weight is 451 g/mol. The minimum atomic E-state index is -0.702. The third kappa shape index (κ3) is 5.90. The first-order valence-electron chi connectivity index (χ1n) is 12.1. The van der Waals surface area contributed by atoms with E-state index in [0.29, 0.717) is 43.5 Å². The van der Waals surface area contributed by atoms with Crippen LogP contribution in [0.25, 0.3) is 0 Å². The summed E-state index contributed by atoms with van der Waals surface area (Å²) in [6.45, 7) is 1.95. The van der Waals surface area contributed by atoms with Gasteiger partial charge in [-0.1, -0.05) is 49.6 Å². The SMILES string of the molecule is CN(CCNC(=O)CCCN1C(=O)[C@@H](c2ccccc2)Oc2cccnc21)C1CCCCC1. The highest BCUT2D eigenvalue weighted by molar-refractivity contribution is 5.99. The molecule has 176 valence electrons. The van der Waals surface area contributed by atoms with Gasteiger partial charge < -0.3 is 15.0 Å². The summed E-state index contributed by atoms with van der Waals surface area (Å²) in [4.78, 5) is 34.0. The number of pyridine rings is 1. The van der Waals surface area contributed by atoms with Gasteiger partial charge in [0.2, 0.25) is 12.0 Å². The maximum atomic E-state index is 13.2. The third-order valence-electron chi connectivity index (χ3n) is 6.61. The summed E-state index contributed by atoms with van der Waals surface area (Å²) in [5.41, 5.74) is 0.807. The van der Waals surface area contributed by atoms with E-state index in [9.17, 15) is 9.59 Å². The van der Waals surface area contributed by atoms with Crippen LogP contribution in [-0.2, 0) is 9.59 Å². The molecule has 4 rings (SSSR count). The Bertz CT molecular complexity index is 930. The Morgan fingerprint density at radius 2 is 1.94 bits per heavy atom. The van der Waals surface area contributed by atoms with E-state index in [0.717, 1.165) is 12.1 Å². The van der Waals surface area contributed by atoms with Crippen molar-refractivity contribution in [1.82, 2.24) is 15.2 Å². The molecule has 2 aliphatic rings. The van der Waals surface area contributed by atoms with E-state index in [4.69, 9.17) is 4.74 Å². The van der Waals surface area contributed by atoms with E-state index in [1.54, 1.807) is 17.2 Å². The summed E-state index contributed by atoms with van der Waals surface area (Å²) in [6.07, 6.45) is 8.38. The number of nitrogens with one attached hydrogen (secondary N) is 1. The number of hydrogen-bond acceptors (Lipinski definition) is 5. The highest BCUT2D eigenvalue weighted by Gasteiger charge is 2.36. The zero-order chi connectivity index (χ0) is 23.0. The molecule has 1 aromatic carbocycles. The van der Waals surface area contributed by atoms with Crippen molar-refractivity contribution in [2.24, 2.45) is 0 Å². The summed E-state index contributed by atoms with van der Waals surface area (Å²) >= 11 is 0. The zero-order valence-electron chi connectivity index (χ0n) is 19.4. The lowest BCUT2D eigenvalue weighted by Gasteiger charge is -2.33. The van der Waals surface area contributed by atoms with Crippen LogP contribution in [0.5, 0.6) is 5.75 Å². The molecule has 1 saturated carbocycles. The van der Waals surface area contributed by atoms with Crippen molar-refractivity contribution >= 4 is 17.6 Å². The molecule has 2 amide bonds. The van der Waals surface area contributed by atoms with E-state index in [-0.39, 0.29) is 11.8 Å². The van der Waals surface area contributed by atoms with Crippen LogP contribution in [0.4, 0.5) is 5.82 Å². The number of benzene rings is 1. The van der Waals surface area contributed by atoms with Crippen molar-refractivity contribution in [1.29, 1.82) is 0 Å². The Morgan fingerprint density at radius 1 is 1.15 bits per heavy atom. The van der Waals surface area contributed by atoms with Crippen molar-refractivity contribution in [2.75, 3.05) is 31.6 Å². The molecule has 0 saturated heterocycles. The maximum Gasteiger partial charge on any atom is 0.274 e. The second kappa shape index (κ2) is 11.3. The first kappa shape index (κ1) is 23.2. The molecule has 1 aliphatic heterocycles. The summed E-state index contributed by atoms with van der Waals surface area (Å²) in [7, 11) is 2.15. The minimum Gasteiger partial charge on any atom is -0.472 e. The van der Waals surface area contributed by atoms with Gasteiger partial charge in [0.1, 0.15) is 0 Å². The number of likely N-dealkylation sites (N-methyl/N-ethyl adjacent to an activating group) is 1. The molecular formula is C26H34N4O3. The number of ether oxygens (including phenoxy) is 1. The second-order valence-corrected chi connectivity index (χ2v) is 8.95. The van der Waals surface area contributed by atoms with Crippen LogP contribution in [0.3, 0.4) is 0 Å². The number of carbonyl (C=O) groups is 2. The molecule has 0 spiro atoms. The Kier molecular flexibility index (Phi) is 7.94. The number of aromatic nitrogens is 1. The highest BCUT2D eigenvalue weighted by atomic mass is 16.5. The first-order chi connectivity index (χ1) is 16.1. The van der Waals surface area contributed by atoms with Crippen LogP contribution in [0.1, 0.15) is 56.6 Å². The summed E-state index contributed by atoms with van der Waals surface area (Å²) < 4.78 is 5.98. The highest BCUT2D eigenvalue weighted by Crippen LogP contribution is 2.37. The summed E-state index contributed by atoms with van der Waals surface area (Å²) in [5, 5.41) is 3.03. The number of rotatable bonds is 9. The quantitative estimate of drug-likeness (QED) is 0.630. The Balaban J connectivity index is 1.28. The fourth-order valence-corrected chi connectivity index (χ4v) is 4.72. The minimum absolute atomic E-state index is 0.0219. The molecule has 7 heteroatoms. The predicted molar refractivity (Wildman–Crippen MR) is 128 cm³/mol. The predicted octanol–water partition coefficient (Wildman–Crippen LogP) is 3.71. The lowest BCUT2D eigenvalue weighted by molar-refractivity contribution is -0.127. The number of fused-ring (bicyclic) bond motifs is 1. The molecule has 1 fully saturated rings. The fourth-order valence-electron chi connectivity index (χ4n) is 4.72. The zero-order valence-corrected chi connectivity index (χ0v) is 19.4. The molecule has 7 nitrogen and oxygen atoms in total. The largest absolute Gasteiger partial charge is 0.472 e. The number of anilines is 1. The molecule has 0 bridgehead atoms. The van der Waals surface area contributed by atoms with Gasteiger partial charge in [0, 0.05) is 43.9 Å². The summed E-state index contributed by atoms with van der Waals surface area (Å²) in [6, 6.07) is 13.7.